The summed E-state index contributed by atoms with van der Waals surface area (Å²) in [6.45, 7) is 0.734. The van der Waals surface area contributed by atoms with E-state index < -0.39 is 5.82 Å². The molecule has 5 nitrogen and oxygen atoms in total. The molecule has 3 aliphatic carbocycles. The Morgan fingerprint density at radius 3 is 2.59 bits per heavy atom. The zero-order valence-corrected chi connectivity index (χ0v) is 19.0. The van der Waals surface area contributed by atoms with Crippen molar-refractivity contribution in [1.29, 1.82) is 0 Å². The number of carbonyl (C=O) groups excluding carboxylic acids is 1. The number of hydrogen-bond acceptors (Lipinski definition) is 5. The van der Waals surface area contributed by atoms with Crippen LogP contribution < -0.4 is 10.1 Å². The number of ether oxygens (including phenoxy) is 3. The minimum Gasteiger partial charge on any atom is -0.493 e. The van der Waals surface area contributed by atoms with E-state index in [4.69, 9.17) is 25.8 Å². The van der Waals surface area contributed by atoms with E-state index in [0.717, 1.165) is 31.2 Å². The first-order valence-corrected chi connectivity index (χ1v) is 11.4. The highest BCUT2D eigenvalue weighted by Gasteiger charge is 2.55. The molecule has 0 radical (unpaired) electrons. The summed E-state index contributed by atoms with van der Waals surface area (Å²) in [4.78, 5) is 12.5. The van der Waals surface area contributed by atoms with Crippen LogP contribution in [0, 0.1) is 11.2 Å². The van der Waals surface area contributed by atoms with Gasteiger partial charge in [0.25, 0.3) is 0 Å². The predicted octanol–water partition coefficient (Wildman–Crippen LogP) is 4.91. The second kappa shape index (κ2) is 9.77. The molecule has 172 valence electrons. The minimum atomic E-state index is -0.495. The molecule has 5 rings (SSSR count). The number of hydrogen-bond donors (Lipinski definition) is 1. The highest BCUT2D eigenvalue weighted by Crippen LogP contribution is 2.53. The molecular weight excluding hydrogens is 433 g/mol. The van der Waals surface area contributed by atoms with Crippen molar-refractivity contribution in [3.8, 4) is 5.75 Å². The van der Waals surface area contributed by atoms with E-state index >= 15 is 0 Å². The third-order valence-electron chi connectivity index (χ3n) is 6.98. The van der Waals surface area contributed by atoms with E-state index in [2.05, 4.69) is 5.32 Å². The van der Waals surface area contributed by atoms with Crippen molar-refractivity contribution < 1.29 is 23.4 Å². The molecular formula is C25H29ClFNO4. The fourth-order valence-electron chi connectivity index (χ4n) is 4.93. The molecule has 0 heterocycles. The molecule has 3 fully saturated rings. The van der Waals surface area contributed by atoms with Crippen LogP contribution in [-0.2, 0) is 20.9 Å². The van der Waals surface area contributed by atoms with Crippen molar-refractivity contribution in [1.82, 2.24) is 5.32 Å². The number of nitrogens with one attached hydrogen (secondary N) is 1. The zero-order valence-electron chi connectivity index (χ0n) is 18.2. The van der Waals surface area contributed by atoms with Crippen molar-refractivity contribution in [3.63, 3.8) is 0 Å². The highest BCUT2D eigenvalue weighted by atomic mass is 35.5. The molecule has 1 N–H and O–H groups in total. The van der Waals surface area contributed by atoms with Crippen molar-refractivity contribution in [2.75, 3.05) is 20.3 Å². The molecule has 2 aromatic carbocycles. The number of halogens is 2. The standard InChI is InChI=1S/C25H29ClFNO4/c1-28-25-11-9-24(10-12-25,17-31-19-7-8-20(26)21(27)13-19)14-22(25)32-23(29)16-30-15-18-5-3-2-4-6-18/h2-8,13,22,28H,9-12,14-17H2,1H3. The first-order valence-electron chi connectivity index (χ1n) is 11.0. The van der Waals surface area contributed by atoms with Gasteiger partial charge in [-0.25, -0.2) is 9.18 Å². The summed E-state index contributed by atoms with van der Waals surface area (Å²) in [6.07, 6.45) is 4.16. The van der Waals surface area contributed by atoms with Crippen molar-refractivity contribution in [2.45, 2.75) is 50.4 Å². The summed E-state index contributed by atoms with van der Waals surface area (Å²) in [7, 11) is 1.93. The Morgan fingerprint density at radius 2 is 1.91 bits per heavy atom. The highest BCUT2D eigenvalue weighted by molar-refractivity contribution is 6.30. The average Bonchev–Trinajstić information content (AvgIpc) is 2.81. The molecule has 2 aromatic rings. The summed E-state index contributed by atoms with van der Waals surface area (Å²) in [6, 6.07) is 14.2. The first kappa shape index (κ1) is 23.0. The normalized spacial score (nSPS) is 26.7. The zero-order chi connectivity index (χ0) is 22.6. The molecule has 3 saturated carbocycles. The second-order valence-electron chi connectivity index (χ2n) is 8.93. The van der Waals surface area contributed by atoms with Crippen LogP contribution in [0.3, 0.4) is 0 Å². The molecule has 1 unspecified atom stereocenters. The predicted molar refractivity (Wildman–Crippen MR) is 120 cm³/mol. The number of carbonyl (C=O) groups is 1. The van der Waals surface area contributed by atoms with Gasteiger partial charge >= 0.3 is 5.97 Å². The Bertz CT molecular complexity index is 931. The maximum atomic E-state index is 13.8. The third kappa shape index (κ3) is 5.08. The van der Waals surface area contributed by atoms with Crippen LogP contribution in [0.1, 0.15) is 37.7 Å². The lowest BCUT2D eigenvalue weighted by molar-refractivity contribution is -0.174. The lowest BCUT2D eigenvalue weighted by Gasteiger charge is -2.56. The van der Waals surface area contributed by atoms with E-state index in [0.29, 0.717) is 25.4 Å². The van der Waals surface area contributed by atoms with Gasteiger partial charge in [-0.15, -0.1) is 0 Å². The molecule has 1 atom stereocenters. The Hall–Kier alpha value is -2.15. The largest absolute Gasteiger partial charge is 0.493 e. The van der Waals surface area contributed by atoms with Gasteiger partial charge in [0.15, 0.2) is 0 Å². The Balaban J connectivity index is 1.34. The fraction of sp³-hybridized carbons (Fsp3) is 0.480. The van der Waals surface area contributed by atoms with E-state index in [1.165, 1.54) is 12.1 Å². The molecule has 2 bridgehead atoms. The molecule has 7 heteroatoms. The topological polar surface area (TPSA) is 56.8 Å². The summed E-state index contributed by atoms with van der Waals surface area (Å²) in [5.74, 6) is -0.394. The number of benzene rings is 2. The molecule has 0 aliphatic heterocycles. The molecule has 0 aromatic heterocycles. The van der Waals surface area contributed by atoms with E-state index in [1.807, 2.05) is 37.4 Å². The van der Waals surface area contributed by atoms with Gasteiger partial charge in [-0.1, -0.05) is 41.9 Å². The van der Waals surface area contributed by atoms with Gasteiger partial charge in [-0.3, -0.25) is 0 Å². The van der Waals surface area contributed by atoms with Crippen LogP contribution in [0.25, 0.3) is 0 Å². The Labute approximate surface area is 193 Å². The summed E-state index contributed by atoms with van der Waals surface area (Å²) in [5.41, 5.74) is 0.687. The van der Waals surface area contributed by atoms with Gasteiger partial charge in [0.2, 0.25) is 0 Å². The van der Waals surface area contributed by atoms with E-state index in [9.17, 15) is 9.18 Å². The first-order chi connectivity index (χ1) is 15.4. The smallest absolute Gasteiger partial charge is 0.332 e. The summed E-state index contributed by atoms with van der Waals surface area (Å²) >= 11 is 5.76. The van der Waals surface area contributed by atoms with E-state index in [-0.39, 0.29) is 34.7 Å². The van der Waals surface area contributed by atoms with Gasteiger partial charge in [0.05, 0.1) is 23.8 Å². The maximum Gasteiger partial charge on any atom is 0.332 e. The van der Waals surface area contributed by atoms with Crippen molar-refractivity contribution >= 4 is 17.6 Å². The number of likely N-dealkylation sites (N-methyl/N-ethyl adjacent to an activating group) is 1. The van der Waals surface area contributed by atoms with Crippen LogP contribution in [0.2, 0.25) is 5.02 Å². The van der Waals surface area contributed by atoms with Crippen LogP contribution in [0.4, 0.5) is 4.39 Å². The van der Waals surface area contributed by atoms with Crippen molar-refractivity contribution in [3.05, 3.63) is 64.9 Å². The Morgan fingerprint density at radius 1 is 1.16 bits per heavy atom. The fourth-order valence-corrected chi connectivity index (χ4v) is 5.05. The molecule has 0 amide bonds. The van der Waals surface area contributed by atoms with E-state index in [1.54, 1.807) is 6.07 Å². The molecule has 32 heavy (non-hydrogen) atoms. The molecule has 3 aliphatic rings. The van der Waals surface area contributed by atoms with Gasteiger partial charge < -0.3 is 19.5 Å². The number of fused-ring (bicyclic) bond motifs is 3. The second-order valence-corrected chi connectivity index (χ2v) is 9.34. The Kier molecular flexibility index (Phi) is 7.03. The van der Waals surface area contributed by atoms with Crippen LogP contribution in [0.5, 0.6) is 5.75 Å². The average molecular weight is 462 g/mol. The van der Waals surface area contributed by atoms with Gasteiger partial charge in [0, 0.05) is 11.5 Å². The maximum absolute atomic E-state index is 13.8. The van der Waals surface area contributed by atoms with Gasteiger partial charge in [0.1, 0.15) is 24.3 Å². The minimum absolute atomic E-state index is 0.0751. The lowest BCUT2D eigenvalue weighted by Crippen LogP contribution is -2.64. The SMILES string of the molecule is CNC12CCC(COc3ccc(Cl)c(F)c3)(CC1)CC2OC(=O)COCc1ccccc1. The molecule has 0 saturated heterocycles. The van der Waals surface area contributed by atoms with Crippen LogP contribution in [-0.4, -0.2) is 37.9 Å². The lowest BCUT2D eigenvalue weighted by atomic mass is 9.56. The van der Waals surface area contributed by atoms with Crippen molar-refractivity contribution in [2.24, 2.45) is 5.41 Å². The summed E-state index contributed by atoms with van der Waals surface area (Å²) < 4.78 is 31.2. The third-order valence-corrected chi connectivity index (χ3v) is 7.28. The van der Waals surface area contributed by atoms with Crippen LogP contribution >= 0.6 is 11.6 Å². The van der Waals surface area contributed by atoms with Gasteiger partial charge in [-0.2, -0.15) is 0 Å². The van der Waals surface area contributed by atoms with Gasteiger partial charge in [-0.05, 0) is 56.8 Å². The number of rotatable bonds is 9. The monoisotopic (exact) mass is 461 g/mol. The quantitative estimate of drug-likeness (QED) is 0.538. The molecule has 0 spiro atoms. The summed E-state index contributed by atoms with van der Waals surface area (Å²) in [5, 5.41) is 3.50. The van der Waals surface area contributed by atoms with Crippen LogP contribution in [0.15, 0.2) is 48.5 Å². The number of esters is 1.